The summed E-state index contributed by atoms with van der Waals surface area (Å²) >= 11 is 0. The van der Waals surface area contributed by atoms with Crippen molar-refractivity contribution < 1.29 is 0 Å². The third-order valence-electron chi connectivity index (χ3n) is 11.0. The van der Waals surface area contributed by atoms with Crippen LogP contribution in [0.25, 0.3) is 89.4 Å². The van der Waals surface area contributed by atoms with Crippen molar-refractivity contribution in [3.8, 4) is 78.7 Å². The maximum atomic E-state index is 5.26. The van der Waals surface area contributed by atoms with Gasteiger partial charge in [-0.25, -0.2) is 15.0 Å². The van der Waals surface area contributed by atoms with Crippen LogP contribution in [0.4, 0.5) is 0 Å². The van der Waals surface area contributed by atoms with Crippen LogP contribution in [0.3, 0.4) is 0 Å². The molecular weight excluding hydrogens is 667 g/mol. The zero-order valence-corrected chi connectivity index (χ0v) is 30.7. The average Bonchev–Trinajstić information content (AvgIpc) is 3.50. The van der Waals surface area contributed by atoms with Crippen LogP contribution >= 0.6 is 0 Å². The maximum absolute atomic E-state index is 5.26. The Labute approximate surface area is 321 Å². The first-order chi connectivity index (χ1) is 27.0. The molecule has 0 N–H and O–H groups in total. The fourth-order valence-electron chi connectivity index (χ4n) is 8.41. The van der Waals surface area contributed by atoms with Gasteiger partial charge in [0, 0.05) is 22.1 Å². The van der Waals surface area contributed by atoms with Gasteiger partial charge in [0.1, 0.15) is 0 Å². The molecule has 0 amide bonds. The van der Waals surface area contributed by atoms with Gasteiger partial charge >= 0.3 is 0 Å². The van der Waals surface area contributed by atoms with Gasteiger partial charge in [0.05, 0.1) is 0 Å². The summed E-state index contributed by atoms with van der Waals surface area (Å²) in [6, 6.07) is 66.6. The van der Waals surface area contributed by atoms with Crippen LogP contribution in [0.2, 0.25) is 0 Å². The van der Waals surface area contributed by atoms with Crippen molar-refractivity contribution in [1.82, 2.24) is 15.0 Å². The van der Waals surface area contributed by atoms with E-state index in [0.717, 1.165) is 44.5 Å². The Morgan fingerprint density at radius 1 is 0.345 bits per heavy atom. The molecule has 3 heteroatoms. The molecule has 0 spiro atoms. The number of nitrogens with zero attached hydrogens (tertiary/aromatic N) is 3. The van der Waals surface area contributed by atoms with Crippen LogP contribution in [0.5, 0.6) is 0 Å². The number of benzene rings is 8. The largest absolute Gasteiger partial charge is 0.208 e. The summed E-state index contributed by atoms with van der Waals surface area (Å²) in [6.45, 7) is 4.72. The van der Waals surface area contributed by atoms with E-state index in [0.29, 0.717) is 17.5 Å². The molecule has 55 heavy (non-hydrogen) atoms. The first kappa shape index (κ1) is 32.7. The lowest BCUT2D eigenvalue weighted by Gasteiger charge is -2.24. The van der Waals surface area contributed by atoms with Crippen molar-refractivity contribution in [2.24, 2.45) is 0 Å². The molecular formula is C52H37N3. The first-order valence-electron chi connectivity index (χ1n) is 18.9. The third-order valence-corrected chi connectivity index (χ3v) is 11.0. The lowest BCUT2D eigenvalue weighted by atomic mass is 9.79. The lowest BCUT2D eigenvalue weighted by Crippen LogP contribution is -2.15. The quantitative estimate of drug-likeness (QED) is 0.173. The minimum Gasteiger partial charge on any atom is -0.208 e. The normalized spacial score (nSPS) is 12.7. The van der Waals surface area contributed by atoms with E-state index in [1.807, 2.05) is 18.2 Å². The summed E-state index contributed by atoms with van der Waals surface area (Å²) in [5.41, 5.74) is 14.9. The van der Waals surface area contributed by atoms with Gasteiger partial charge in [0.2, 0.25) is 0 Å². The Morgan fingerprint density at radius 2 is 0.818 bits per heavy atom. The molecule has 0 atom stereocenters. The molecule has 1 aliphatic carbocycles. The lowest BCUT2D eigenvalue weighted by molar-refractivity contribution is 0.666. The van der Waals surface area contributed by atoms with Gasteiger partial charge in [-0.3, -0.25) is 0 Å². The van der Waals surface area contributed by atoms with Crippen LogP contribution < -0.4 is 0 Å². The van der Waals surface area contributed by atoms with E-state index < -0.39 is 0 Å². The highest BCUT2D eigenvalue weighted by Crippen LogP contribution is 2.54. The van der Waals surface area contributed by atoms with E-state index in [4.69, 9.17) is 15.0 Å². The Morgan fingerprint density at radius 3 is 1.49 bits per heavy atom. The average molecular weight is 704 g/mol. The minimum atomic E-state index is -0.139. The van der Waals surface area contributed by atoms with E-state index in [1.165, 1.54) is 38.6 Å². The van der Waals surface area contributed by atoms with Crippen LogP contribution in [0, 0.1) is 0 Å². The number of fused-ring (bicyclic) bond motifs is 5. The molecule has 3 nitrogen and oxygen atoms in total. The second kappa shape index (κ2) is 13.2. The highest BCUT2D eigenvalue weighted by atomic mass is 15.0. The van der Waals surface area contributed by atoms with Crippen LogP contribution in [-0.4, -0.2) is 15.0 Å². The highest BCUT2D eigenvalue weighted by Gasteiger charge is 2.38. The van der Waals surface area contributed by atoms with E-state index in [-0.39, 0.29) is 5.41 Å². The number of hydrogen-bond donors (Lipinski definition) is 0. The van der Waals surface area contributed by atoms with Gasteiger partial charge in [0.15, 0.2) is 17.5 Å². The topological polar surface area (TPSA) is 38.7 Å². The van der Waals surface area contributed by atoms with E-state index in [1.54, 1.807) is 0 Å². The van der Waals surface area contributed by atoms with Crippen molar-refractivity contribution in [2.75, 3.05) is 0 Å². The van der Waals surface area contributed by atoms with Crippen molar-refractivity contribution >= 4 is 10.8 Å². The van der Waals surface area contributed by atoms with Crippen molar-refractivity contribution in [3.05, 3.63) is 199 Å². The number of hydrogen-bond acceptors (Lipinski definition) is 3. The molecule has 0 fully saturated rings. The molecule has 0 unspecified atom stereocenters. The van der Waals surface area contributed by atoms with Crippen molar-refractivity contribution in [2.45, 2.75) is 19.3 Å². The minimum absolute atomic E-state index is 0.139. The Kier molecular flexibility index (Phi) is 7.81. The summed E-state index contributed by atoms with van der Waals surface area (Å²) in [6.07, 6.45) is 0. The van der Waals surface area contributed by atoms with Gasteiger partial charge in [0.25, 0.3) is 0 Å². The zero-order valence-electron chi connectivity index (χ0n) is 30.7. The van der Waals surface area contributed by atoms with Crippen molar-refractivity contribution in [1.29, 1.82) is 0 Å². The monoisotopic (exact) mass is 703 g/mol. The summed E-state index contributed by atoms with van der Waals surface area (Å²) in [5.74, 6) is 1.90. The van der Waals surface area contributed by atoms with Gasteiger partial charge < -0.3 is 0 Å². The fourth-order valence-corrected chi connectivity index (χ4v) is 8.41. The molecule has 1 aliphatic rings. The Hall–Kier alpha value is -6.97. The molecule has 0 bridgehead atoms. The molecule has 0 aliphatic heterocycles. The number of rotatable bonds is 6. The summed E-state index contributed by atoms with van der Waals surface area (Å²) in [4.78, 5) is 15.6. The molecule has 0 saturated heterocycles. The molecule has 1 aromatic heterocycles. The predicted molar refractivity (Wildman–Crippen MR) is 228 cm³/mol. The van der Waals surface area contributed by atoms with Crippen molar-refractivity contribution in [3.63, 3.8) is 0 Å². The molecule has 8 aromatic carbocycles. The van der Waals surface area contributed by atoms with Crippen LogP contribution in [0.1, 0.15) is 25.0 Å². The van der Waals surface area contributed by atoms with Gasteiger partial charge in [-0.05, 0) is 96.7 Å². The number of aromatic nitrogens is 3. The third kappa shape index (κ3) is 5.73. The molecule has 260 valence electrons. The SMILES string of the molecule is CC1(C)c2ccccc2-c2c(-c3cccc(-c4nc(-c5ccccc5)nc(-c5cc(-c6ccccc6)cc(-c6ccccc6)c5)n4)c3)cc3ccccc3c21. The second-order valence-electron chi connectivity index (χ2n) is 14.8. The zero-order chi connectivity index (χ0) is 36.9. The van der Waals surface area contributed by atoms with Gasteiger partial charge in [-0.15, -0.1) is 0 Å². The molecule has 10 rings (SSSR count). The van der Waals surface area contributed by atoms with Gasteiger partial charge in [-0.1, -0.05) is 172 Å². The fraction of sp³-hybridized carbons (Fsp3) is 0.0577. The second-order valence-corrected chi connectivity index (χ2v) is 14.8. The van der Waals surface area contributed by atoms with E-state index >= 15 is 0 Å². The highest BCUT2D eigenvalue weighted by molar-refractivity contribution is 6.05. The summed E-state index contributed by atoms with van der Waals surface area (Å²) < 4.78 is 0. The maximum Gasteiger partial charge on any atom is 0.164 e. The molecule has 0 saturated carbocycles. The molecule has 0 radical (unpaired) electrons. The first-order valence-corrected chi connectivity index (χ1v) is 18.9. The predicted octanol–water partition coefficient (Wildman–Crippen LogP) is 13.3. The van der Waals surface area contributed by atoms with Crippen LogP contribution in [-0.2, 0) is 5.41 Å². The van der Waals surface area contributed by atoms with Gasteiger partial charge in [-0.2, -0.15) is 0 Å². The van der Waals surface area contributed by atoms with E-state index in [9.17, 15) is 0 Å². The van der Waals surface area contributed by atoms with E-state index in [2.05, 4.69) is 184 Å². The standard InChI is InChI=1S/C52H37N3/c1-52(2)46-28-15-14-27-44(46)47-45(33-38-23-12-13-26-43(38)48(47)52)37-24-16-25-39(29-37)50-53-49(36-21-10-5-11-22-36)54-51(55-50)42-31-40(34-17-6-3-7-18-34)30-41(32-42)35-19-8-4-9-20-35/h3-33H,1-2H3. The molecule has 1 heterocycles. The molecule has 9 aromatic rings. The summed E-state index contributed by atoms with van der Waals surface area (Å²) in [5, 5.41) is 2.55. The summed E-state index contributed by atoms with van der Waals surface area (Å²) in [7, 11) is 0. The Balaban J connectivity index is 1.18. The van der Waals surface area contributed by atoms with Crippen LogP contribution in [0.15, 0.2) is 188 Å². The Bertz CT molecular complexity index is 2820. The smallest absolute Gasteiger partial charge is 0.164 e.